The third kappa shape index (κ3) is 3.69. The van der Waals surface area contributed by atoms with Crippen molar-refractivity contribution < 1.29 is 14.8 Å². The molecule has 1 aliphatic heterocycles. The summed E-state index contributed by atoms with van der Waals surface area (Å²) in [6.07, 6.45) is 0.701. The Bertz CT molecular complexity index is 760. The fraction of sp³-hybridized carbons (Fsp3) is 0.250. The molecule has 1 aromatic carbocycles. The number of carbonyl (C=O) groups excluding carboxylic acids is 2. The van der Waals surface area contributed by atoms with E-state index < -0.39 is 5.91 Å². The second kappa shape index (κ2) is 7.21. The zero-order valence-corrected chi connectivity index (χ0v) is 14.3. The van der Waals surface area contributed by atoms with Crippen LogP contribution in [0.1, 0.15) is 25.7 Å². The summed E-state index contributed by atoms with van der Waals surface area (Å²) in [5, 5.41) is 12.3. The van der Waals surface area contributed by atoms with Gasteiger partial charge in [0.25, 0.3) is 5.91 Å². The van der Waals surface area contributed by atoms with Crippen LogP contribution in [0.25, 0.3) is 0 Å². The van der Waals surface area contributed by atoms with Crippen molar-refractivity contribution in [2.75, 3.05) is 6.54 Å². The largest absolute Gasteiger partial charge is 0.334 e. The standard InChI is InChI=1S/C16H16ClN3O3S/c17-12-3-1-10(2-4-12)8-18-16(22)20-6-5-13-11(9-20)7-14(24-13)15(21)19-23/h1-4,7,23H,5-6,8-9H2,(H,18,22)(H,19,21). The maximum Gasteiger partial charge on any atom is 0.317 e. The van der Waals surface area contributed by atoms with E-state index >= 15 is 0 Å². The first-order valence-electron chi connectivity index (χ1n) is 7.40. The van der Waals surface area contributed by atoms with Crippen molar-refractivity contribution in [1.29, 1.82) is 0 Å². The summed E-state index contributed by atoms with van der Waals surface area (Å²) in [6.45, 7) is 1.48. The molecular weight excluding hydrogens is 350 g/mol. The molecule has 0 aliphatic carbocycles. The quantitative estimate of drug-likeness (QED) is 0.578. The number of nitrogens with one attached hydrogen (secondary N) is 2. The lowest BCUT2D eigenvalue weighted by Gasteiger charge is -2.27. The number of fused-ring (bicyclic) bond motifs is 1. The Morgan fingerprint density at radius 3 is 2.75 bits per heavy atom. The van der Waals surface area contributed by atoms with Crippen LogP contribution < -0.4 is 10.8 Å². The van der Waals surface area contributed by atoms with Gasteiger partial charge in [0.15, 0.2) is 0 Å². The summed E-state index contributed by atoms with van der Waals surface area (Å²) in [5.41, 5.74) is 3.56. The highest BCUT2D eigenvalue weighted by molar-refractivity contribution is 7.14. The minimum atomic E-state index is -0.520. The molecule has 0 radical (unpaired) electrons. The van der Waals surface area contributed by atoms with Crippen molar-refractivity contribution in [3.63, 3.8) is 0 Å². The van der Waals surface area contributed by atoms with Crippen LogP contribution in [0.4, 0.5) is 4.79 Å². The normalized spacial score (nSPS) is 13.3. The number of halogens is 1. The van der Waals surface area contributed by atoms with Crippen LogP contribution in [-0.4, -0.2) is 28.6 Å². The predicted octanol–water partition coefficient (Wildman–Crippen LogP) is 2.79. The Kier molecular flexibility index (Phi) is 5.03. The first kappa shape index (κ1) is 16.8. The molecule has 24 heavy (non-hydrogen) atoms. The average molecular weight is 366 g/mol. The first-order valence-corrected chi connectivity index (χ1v) is 8.59. The number of hydroxylamine groups is 1. The summed E-state index contributed by atoms with van der Waals surface area (Å²) in [4.78, 5) is 27.0. The molecule has 0 spiro atoms. The number of amides is 3. The van der Waals surface area contributed by atoms with Crippen molar-refractivity contribution in [2.24, 2.45) is 0 Å². The topological polar surface area (TPSA) is 81.7 Å². The molecule has 3 N–H and O–H groups in total. The molecule has 0 atom stereocenters. The van der Waals surface area contributed by atoms with Crippen LogP contribution in [0.2, 0.25) is 5.02 Å². The molecule has 1 aliphatic rings. The lowest BCUT2D eigenvalue weighted by Crippen LogP contribution is -2.42. The molecule has 3 rings (SSSR count). The summed E-state index contributed by atoms with van der Waals surface area (Å²) >= 11 is 7.19. The van der Waals surface area contributed by atoms with Crippen molar-refractivity contribution in [2.45, 2.75) is 19.5 Å². The molecule has 2 heterocycles. The number of hydrogen-bond acceptors (Lipinski definition) is 4. The number of hydrogen-bond donors (Lipinski definition) is 3. The molecule has 1 aromatic heterocycles. The number of benzene rings is 1. The van der Waals surface area contributed by atoms with Gasteiger partial charge in [0.05, 0.1) is 4.88 Å². The van der Waals surface area contributed by atoms with Gasteiger partial charge < -0.3 is 10.2 Å². The Labute approximate surface area is 148 Å². The molecule has 126 valence electrons. The van der Waals surface area contributed by atoms with Crippen LogP contribution in [0.3, 0.4) is 0 Å². The Morgan fingerprint density at radius 2 is 2.04 bits per heavy atom. The van der Waals surface area contributed by atoms with E-state index in [4.69, 9.17) is 16.8 Å². The molecule has 3 amide bonds. The smallest absolute Gasteiger partial charge is 0.317 e. The highest BCUT2D eigenvalue weighted by Crippen LogP contribution is 2.28. The monoisotopic (exact) mass is 365 g/mol. The number of urea groups is 1. The van der Waals surface area contributed by atoms with E-state index in [1.807, 2.05) is 12.1 Å². The van der Waals surface area contributed by atoms with E-state index in [1.165, 1.54) is 11.3 Å². The van der Waals surface area contributed by atoms with Crippen LogP contribution >= 0.6 is 22.9 Å². The van der Waals surface area contributed by atoms with E-state index in [0.717, 1.165) is 16.0 Å². The van der Waals surface area contributed by atoms with Crippen molar-refractivity contribution in [1.82, 2.24) is 15.7 Å². The maximum absolute atomic E-state index is 12.3. The van der Waals surface area contributed by atoms with E-state index in [1.54, 1.807) is 28.6 Å². The predicted molar refractivity (Wildman–Crippen MR) is 91.4 cm³/mol. The zero-order valence-electron chi connectivity index (χ0n) is 12.7. The molecule has 0 saturated carbocycles. The summed E-state index contributed by atoms with van der Waals surface area (Å²) < 4.78 is 0. The lowest BCUT2D eigenvalue weighted by molar-refractivity contribution is 0.0711. The number of nitrogens with zero attached hydrogens (tertiary/aromatic N) is 1. The van der Waals surface area contributed by atoms with Gasteiger partial charge >= 0.3 is 6.03 Å². The number of thiophene rings is 1. The van der Waals surface area contributed by atoms with Crippen molar-refractivity contribution >= 4 is 34.9 Å². The van der Waals surface area contributed by atoms with Gasteiger partial charge in [-0.2, -0.15) is 0 Å². The number of carbonyl (C=O) groups is 2. The van der Waals surface area contributed by atoms with E-state index in [2.05, 4.69) is 5.32 Å². The molecule has 0 fully saturated rings. The molecule has 0 saturated heterocycles. The van der Waals surface area contributed by atoms with E-state index in [-0.39, 0.29) is 6.03 Å². The van der Waals surface area contributed by atoms with Gasteiger partial charge in [0.1, 0.15) is 0 Å². The Hall–Kier alpha value is -2.09. The SMILES string of the molecule is O=C(NO)c1cc2c(s1)CCN(C(=O)NCc1ccc(Cl)cc1)C2. The number of rotatable bonds is 3. The molecule has 0 bridgehead atoms. The molecule has 2 aromatic rings. The van der Waals surface area contributed by atoms with Gasteiger partial charge in [0, 0.05) is 29.5 Å². The highest BCUT2D eigenvalue weighted by atomic mass is 35.5. The van der Waals surface area contributed by atoms with Gasteiger partial charge in [-0.05, 0) is 35.7 Å². The third-order valence-corrected chi connectivity index (χ3v) is 5.32. The van der Waals surface area contributed by atoms with Crippen molar-refractivity contribution in [3.05, 3.63) is 56.2 Å². The third-order valence-electron chi connectivity index (χ3n) is 3.84. The lowest BCUT2D eigenvalue weighted by atomic mass is 10.1. The Balaban J connectivity index is 1.60. The minimum absolute atomic E-state index is 0.144. The molecule has 8 heteroatoms. The van der Waals surface area contributed by atoms with Gasteiger partial charge in [-0.1, -0.05) is 23.7 Å². The van der Waals surface area contributed by atoms with Crippen LogP contribution in [0, 0.1) is 0 Å². The van der Waals surface area contributed by atoms with Crippen LogP contribution in [-0.2, 0) is 19.5 Å². The first-order chi connectivity index (χ1) is 11.6. The van der Waals surface area contributed by atoms with Gasteiger partial charge in [-0.25, -0.2) is 10.3 Å². The second-order valence-electron chi connectivity index (χ2n) is 5.46. The fourth-order valence-corrected chi connectivity index (χ4v) is 3.74. The summed E-state index contributed by atoms with van der Waals surface area (Å²) in [7, 11) is 0. The molecular formula is C16H16ClN3O3S. The molecule has 6 nitrogen and oxygen atoms in total. The maximum atomic E-state index is 12.3. The summed E-state index contributed by atoms with van der Waals surface area (Å²) in [5.74, 6) is -0.520. The minimum Gasteiger partial charge on any atom is -0.334 e. The van der Waals surface area contributed by atoms with E-state index in [0.29, 0.717) is 36.0 Å². The van der Waals surface area contributed by atoms with Gasteiger partial charge in [-0.15, -0.1) is 11.3 Å². The Morgan fingerprint density at radius 1 is 1.29 bits per heavy atom. The van der Waals surface area contributed by atoms with Crippen LogP contribution in [0.15, 0.2) is 30.3 Å². The van der Waals surface area contributed by atoms with Crippen LogP contribution in [0.5, 0.6) is 0 Å². The van der Waals surface area contributed by atoms with Gasteiger partial charge in [0.2, 0.25) is 0 Å². The van der Waals surface area contributed by atoms with Gasteiger partial charge in [-0.3, -0.25) is 10.0 Å². The van der Waals surface area contributed by atoms with Crippen molar-refractivity contribution in [3.8, 4) is 0 Å². The second-order valence-corrected chi connectivity index (χ2v) is 7.03. The average Bonchev–Trinajstić information content (AvgIpc) is 3.03. The zero-order chi connectivity index (χ0) is 17.1. The highest BCUT2D eigenvalue weighted by Gasteiger charge is 2.24. The molecule has 0 unspecified atom stereocenters. The fourth-order valence-electron chi connectivity index (χ4n) is 2.57. The summed E-state index contributed by atoms with van der Waals surface area (Å²) in [6, 6.07) is 8.90. The van der Waals surface area contributed by atoms with E-state index in [9.17, 15) is 9.59 Å².